The number of hydrogen-bond donors (Lipinski definition) is 1. The summed E-state index contributed by atoms with van der Waals surface area (Å²) in [6, 6.07) is 6.24. The first kappa shape index (κ1) is 22.9. The molecule has 1 heterocycles. The Kier molecular flexibility index (Phi) is 6.07. The molecule has 3 aliphatic rings. The van der Waals surface area contributed by atoms with Gasteiger partial charge in [0.2, 0.25) is 0 Å². The molecule has 178 valence electrons. The van der Waals surface area contributed by atoms with Crippen molar-refractivity contribution in [3.63, 3.8) is 0 Å². The molecule has 9 heteroatoms. The summed E-state index contributed by atoms with van der Waals surface area (Å²) < 4.78 is 30.6. The Morgan fingerprint density at radius 2 is 2.03 bits per heavy atom. The van der Waals surface area contributed by atoms with Crippen molar-refractivity contribution in [1.29, 1.82) is 0 Å². The van der Waals surface area contributed by atoms with Gasteiger partial charge >= 0.3 is 0 Å². The lowest BCUT2D eigenvalue weighted by Gasteiger charge is -2.45. The molecule has 3 atom stereocenters. The normalized spacial score (nSPS) is 28.1. The highest BCUT2D eigenvalue weighted by atomic mass is 32.2. The summed E-state index contributed by atoms with van der Waals surface area (Å²) in [5.74, 6) is -0.317. The summed E-state index contributed by atoms with van der Waals surface area (Å²) >= 11 is 0. The summed E-state index contributed by atoms with van der Waals surface area (Å²) in [7, 11) is 0.492. The highest BCUT2D eigenvalue weighted by Crippen LogP contribution is 2.50. The smallest absolute Gasteiger partial charge is 0.160 e. The molecule has 34 heavy (non-hydrogen) atoms. The highest BCUT2D eigenvalue weighted by molar-refractivity contribution is 7.82. The summed E-state index contributed by atoms with van der Waals surface area (Å²) in [6.07, 6.45) is 12.5. The second-order valence-electron chi connectivity index (χ2n) is 9.40. The van der Waals surface area contributed by atoms with Crippen LogP contribution in [0.1, 0.15) is 38.5 Å². The number of aromatic nitrogens is 2. The van der Waals surface area contributed by atoms with Crippen molar-refractivity contribution in [3.05, 3.63) is 66.0 Å². The second kappa shape index (κ2) is 9.03. The van der Waals surface area contributed by atoms with E-state index in [1.54, 1.807) is 29.2 Å². The standard InChI is InChI=1S/C25H28FN5O2S/c1-30-14-24(28-16-30)34(33)31(21-8-9-21)22-7-2-18-10-23(29-20-5-3-19(26)4-6-20)17(13-27)11-25(18,12-22)15-32/h3-6,10,13-16,21-22H,2,7-9,11-12,27H2,1H3/b17-13-,29-23?. The summed E-state index contributed by atoms with van der Waals surface area (Å²) in [4.78, 5) is 21.6. The van der Waals surface area contributed by atoms with Crippen molar-refractivity contribution in [2.75, 3.05) is 0 Å². The maximum absolute atomic E-state index is 13.5. The van der Waals surface area contributed by atoms with E-state index >= 15 is 0 Å². The summed E-state index contributed by atoms with van der Waals surface area (Å²) in [5.41, 5.74) is 8.42. The van der Waals surface area contributed by atoms with Crippen LogP contribution in [0.3, 0.4) is 0 Å². The number of benzene rings is 1. The third-order valence-corrected chi connectivity index (χ3v) is 8.50. The Hall–Kier alpha value is -2.91. The van der Waals surface area contributed by atoms with E-state index in [2.05, 4.69) is 14.3 Å². The molecule has 1 aromatic carbocycles. The van der Waals surface area contributed by atoms with E-state index in [1.165, 1.54) is 18.3 Å². The van der Waals surface area contributed by atoms with Crippen LogP contribution in [0, 0.1) is 11.2 Å². The maximum Gasteiger partial charge on any atom is 0.160 e. The first-order chi connectivity index (χ1) is 16.4. The molecule has 2 N–H and O–H groups in total. The summed E-state index contributed by atoms with van der Waals surface area (Å²) in [5, 5.41) is 0.552. The molecule has 0 aliphatic heterocycles. The van der Waals surface area contributed by atoms with E-state index in [9.17, 15) is 13.4 Å². The van der Waals surface area contributed by atoms with Crippen molar-refractivity contribution in [1.82, 2.24) is 13.9 Å². The Balaban J connectivity index is 1.45. The number of nitrogens with zero attached hydrogens (tertiary/aromatic N) is 4. The topological polar surface area (TPSA) is 93.6 Å². The lowest BCUT2D eigenvalue weighted by molar-refractivity contribution is -0.116. The quantitative estimate of drug-likeness (QED) is 0.636. The minimum Gasteiger partial charge on any atom is -0.404 e. The van der Waals surface area contributed by atoms with Gasteiger partial charge in [-0.25, -0.2) is 22.9 Å². The van der Waals surface area contributed by atoms with Gasteiger partial charge in [0.15, 0.2) is 5.03 Å². The lowest BCUT2D eigenvalue weighted by atomic mass is 9.63. The number of aldehydes is 1. The number of aryl methyl sites for hydroxylation is 1. The van der Waals surface area contributed by atoms with Crippen LogP contribution in [0.2, 0.25) is 0 Å². The number of aliphatic imine (C=N–C) groups is 1. The van der Waals surface area contributed by atoms with Gasteiger partial charge in [0, 0.05) is 25.3 Å². The minimum atomic E-state index is -1.37. The Morgan fingerprint density at radius 3 is 2.65 bits per heavy atom. The molecule has 0 bridgehead atoms. The Labute approximate surface area is 200 Å². The first-order valence-corrected chi connectivity index (χ1v) is 12.6. The zero-order valence-corrected chi connectivity index (χ0v) is 19.9. The van der Waals surface area contributed by atoms with Gasteiger partial charge in [0.25, 0.3) is 0 Å². The average Bonchev–Trinajstić information content (AvgIpc) is 3.58. The SMILES string of the molecule is Cn1cnc(S(=O)N(C2CC2)C2CCC3=CC(=Nc4ccc(F)cc4)/C(=C\N)CC3(C=O)C2)c1. The number of rotatable bonds is 6. The van der Waals surface area contributed by atoms with Crippen molar-refractivity contribution in [2.45, 2.75) is 55.6 Å². The number of carbonyl (C=O) groups is 1. The van der Waals surface area contributed by atoms with Crippen molar-refractivity contribution >= 4 is 28.7 Å². The number of allylic oxidation sites excluding steroid dienone is 3. The molecule has 0 radical (unpaired) electrons. The number of fused-ring (bicyclic) bond motifs is 1. The monoisotopic (exact) mass is 481 g/mol. The number of nitrogens with two attached hydrogens (primary N) is 1. The molecule has 0 amide bonds. The molecule has 5 rings (SSSR count). The minimum absolute atomic E-state index is 0.00676. The third kappa shape index (κ3) is 4.30. The molecule has 3 aliphatic carbocycles. The summed E-state index contributed by atoms with van der Waals surface area (Å²) in [6.45, 7) is 0. The van der Waals surface area contributed by atoms with E-state index in [1.807, 2.05) is 13.1 Å². The fraction of sp³-hybridized carbons (Fsp3) is 0.400. The number of halogens is 1. The van der Waals surface area contributed by atoms with Gasteiger partial charge in [-0.05, 0) is 80.6 Å². The van der Waals surface area contributed by atoms with E-state index < -0.39 is 16.4 Å². The highest BCUT2D eigenvalue weighted by Gasteiger charge is 2.48. The fourth-order valence-corrected chi connectivity index (χ4v) is 6.63. The van der Waals surface area contributed by atoms with Crippen LogP contribution in [0.4, 0.5) is 10.1 Å². The van der Waals surface area contributed by atoms with Crippen molar-refractivity contribution in [3.8, 4) is 0 Å². The predicted molar refractivity (Wildman–Crippen MR) is 129 cm³/mol. The molecule has 2 saturated carbocycles. The molecule has 0 spiro atoms. The van der Waals surface area contributed by atoms with Crippen LogP contribution in [0.15, 0.2) is 70.2 Å². The molecule has 2 aromatic rings. The Morgan fingerprint density at radius 1 is 1.26 bits per heavy atom. The van der Waals surface area contributed by atoms with Gasteiger partial charge < -0.3 is 15.1 Å². The van der Waals surface area contributed by atoms with E-state index in [4.69, 9.17) is 5.73 Å². The van der Waals surface area contributed by atoms with E-state index in [-0.39, 0.29) is 17.9 Å². The van der Waals surface area contributed by atoms with Crippen LogP contribution in [0.25, 0.3) is 0 Å². The zero-order chi connectivity index (χ0) is 23.9. The van der Waals surface area contributed by atoms with Crippen LogP contribution in [-0.2, 0) is 22.8 Å². The van der Waals surface area contributed by atoms with E-state index in [0.717, 1.165) is 36.7 Å². The van der Waals surface area contributed by atoms with Gasteiger partial charge in [-0.15, -0.1) is 0 Å². The molecule has 2 fully saturated rings. The van der Waals surface area contributed by atoms with Gasteiger partial charge in [-0.3, -0.25) is 0 Å². The third-order valence-electron chi connectivity index (χ3n) is 6.95. The zero-order valence-electron chi connectivity index (χ0n) is 19.1. The molecule has 7 nitrogen and oxygen atoms in total. The number of imidazole rings is 1. The van der Waals surface area contributed by atoms with Crippen LogP contribution in [0.5, 0.6) is 0 Å². The molecule has 3 unspecified atom stereocenters. The predicted octanol–water partition coefficient (Wildman–Crippen LogP) is 3.73. The number of hydrogen-bond acceptors (Lipinski definition) is 5. The van der Waals surface area contributed by atoms with Crippen LogP contribution >= 0.6 is 0 Å². The van der Waals surface area contributed by atoms with Gasteiger partial charge in [-0.1, -0.05) is 5.57 Å². The fourth-order valence-electron chi connectivity index (χ4n) is 5.09. The van der Waals surface area contributed by atoms with Gasteiger partial charge in [0.1, 0.15) is 23.1 Å². The van der Waals surface area contributed by atoms with Crippen LogP contribution < -0.4 is 5.73 Å². The average molecular weight is 482 g/mol. The molecule has 0 saturated heterocycles. The second-order valence-corrected chi connectivity index (χ2v) is 10.7. The first-order valence-electron chi connectivity index (χ1n) is 11.5. The van der Waals surface area contributed by atoms with Crippen molar-refractivity contribution in [2.24, 2.45) is 23.2 Å². The Bertz CT molecular complexity index is 1210. The van der Waals surface area contributed by atoms with Gasteiger partial charge in [-0.2, -0.15) is 0 Å². The lowest BCUT2D eigenvalue weighted by Crippen LogP contribution is -2.47. The largest absolute Gasteiger partial charge is 0.404 e. The number of carbonyl (C=O) groups excluding carboxylic acids is 1. The molecular formula is C25H28FN5O2S. The molecule has 1 aromatic heterocycles. The van der Waals surface area contributed by atoms with Gasteiger partial charge in [0.05, 0.1) is 23.1 Å². The molecular weight excluding hydrogens is 453 g/mol. The van der Waals surface area contributed by atoms with E-state index in [0.29, 0.717) is 35.7 Å². The van der Waals surface area contributed by atoms with Crippen molar-refractivity contribution < 1.29 is 13.4 Å². The maximum atomic E-state index is 13.5. The van der Waals surface area contributed by atoms with Crippen LogP contribution in [-0.4, -0.2) is 42.1 Å².